The third kappa shape index (κ3) is 2.97. The Hall–Kier alpha value is -1.39. The van der Waals surface area contributed by atoms with E-state index in [0.29, 0.717) is 26.2 Å². The van der Waals surface area contributed by atoms with Crippen molar-refractivity contribution in [2.75, 3.05) is 32.8 Å². The minimum Gasteiger partial charge on any atom is -0.481 e. The number of aryl methyl sites for hydroxylation is 1. The molecule has 0 spiro atoms. The van der Waals surface area contributed by atoms with Gasteiger partial charge in [0.05, 0.1) is 12.0 Å². The van der Waals surface area contributed by atoms with E-state index in [4.69, 9.17) is 4.74 Å². The highest BCUT2D eigenvalue weighted by atomic mass is 16.5. The van der Waals surface area contributed by atoms with E-state index in [1.807, 2.05) is 6.07 Å². The van der Waals surface area contributed by atoms with Gasteiger partial charge in [-0.3, -0.25) is 4.79 Å². The maximum Gasteiger partial charge on any atom is 0.311 e. The minimum absolute atomic E-state index is 0.153. The molecule has 4 nitrogen and oxygen atoms in total. The fraction of sp³-hybridized carbons (Fsp3) is 0.588. The smallest absolute Gasteiger partial charge is 0.311 e. The van der Waals surface area contributed by atoms with E-state index in [1.165, 1.54) is 5.56 Å². The molecule has 2 atom stereocenters. The van der Waals surface area contributed by atoms with Crippen molar-refractivity contribution in [3.63, 3.8) is 0 Å². The molecule has 2 saturated heterocycles. The van der Waals surface area contributed by atoms with Gasteiger partial charge in [-0.25, -0.2) is 0 Å². The standard InChI is InChI=1S/C17H23NO3/c19-16(20)17-8-10-21-12-15(17)11-18(13-17)9-4-7-14-5-2-1-3-6-14/h1-3,5-6,15H,4,7-13H2,(H,19,20)/t15-,17+/m1/s1. The van der Waals surface area contributed by atoms with Crippen LogP contribution in [0.2, 0.25) is 0 Å². The van der Waals surface area contributed by atoms with Gasteiger partial charge in [0.15, 0.2) is 0 Å². The Morgan fingerprint density at radius 2 is 2.19 bits per heavy atom. The SMILES string of the molecule is O=C(O)[C@]12CCOC[C@H]1CN(CCCc1ccccc1)C2. The lowest BCUT2D eigenvalue weighted by atomic mass is 9.74. The molecule has 0 amide bonds. The highest BCUT2D eigenvalue weighted by molar-refractivity contribution is 5.76. The van der Waals surface area contributed by atoms with Crippen LogP contribution in [0.3, 0.4) is 0 Å². The van der Waals surface area contributed by atoms with Crippen molar-refractivity contribution in [1.82, 2.24) is 4.90 Å². The van der Waals surface area contributed by atoms with Crippen LogP contribution in [-0.2, 0) is 16.0 Å². The summed E-state index contributed by atoms with van der Waals surface area (Å²) in [5, 5.41) is 9.64. The summed E-state index contributed by atoms with van der Waals surface area (Å²) in [6.45, 7) is 3.70. The zero-order valence-electron chi connectivity index (χ0n) is 12.3. The predicted octanol–water partition coefficient (Wildman–Crippen LogP) is 2.04. The maximum absolute atomic E-state index is 11.7. The fourth-order valence-electron chi connectivity index (χ4n) is 3.73. The molecule has 2 fully saturated rings. The Labute approximate surface area is 125 Å². The zero-order valence-corrected chi connectivity index (χ0v) is 12.3. The molecule has 4 heteroatoms. The van der Waals surface area contributed by atoms with Gasteiger partial charge in [0.1, 0.15) is 0 Å². The first-order valence-electron chi connectivity index (χ1n) is 7.78. The van der Waals surface area contributed by atoms with Gasteiger partial charge >= 0.3 is 5.97 Å². The normalized spacial score (nSPS) is 29.2. The van der Waals surface area contributed by atoms with E-state index in [2.05, 4.69) is 29.2 Å². The number of hydrogen-bond acceptors (Lipinski definition) is 3. The molecular formula is C17H23NO3. The molecule has 0 bridgehead atoms. The third-order valence-corrected chi connectivity index (χ3v) is 4.99. The maximum atomic E-state index is 11.7. The van der Waals surface area contributed by atoms with Crippen LogP contribution in [-0.4, -0.2) is 48.8 Å². The van der Waals surface area contributed by atoms with Crippen molar-refractivity contribution in [3.8, 4) is 0 Å². The van der Waals surface area contributed by atoms with Crippen molar-refractivity contribution >= 4 is 5.97 Å². The van der Waals surface area contributed by atoms with Crippen LogP contribution >= 0.6 is 0 Å². The predicted molar refractivity (Wildman–Crippen MR) is 80.2 cm³/mol. The number of benzene rings is 1. The van der Waals surface area contributed by atoms with E-state index in [9.17, 15) is 9.90 Å². The summed E-state index contributed by atoms with van der Waals surface area (Å²) in [6, 6.07) is 10.5. The first-order valence-corrected chi connectivity index (χ1v) is 7.78. The second-order valence-corrected chi connectivity index (χ2v) is 6.31. The van der Waals surface area contributed by atoms with Crippen LogP contribution in [0.1, 0.15) is 18.4 Å². The molecule has 0 saturated carbocycles. The number of aliphatic carboxylic acids is 1. The van der Waals surface area contributed by atoms with Crippen LogP contribution in [0.5, 0.6) is 0 Å². The number of rotatable bonds is 5. The molecule has 0 aromatic heterocycles. The monoisotopic (exact) mass is 289 g/mol. The van der Waals surface area contributed by atoms with E-state index in [0.717, 1.165) is 25.9 Å². The van der Waals surface area contributed by atoms with Crippen LogP contribution in [0, 0.1) is 11.3 Å². The van der Waals surface area contributed by atoms with Gasteiger partial charge in [-0.05, 0) is 31.4 Å². The second-order valence-electron chi connectivity index (χ2n) is 6.31. The summed E-state index contributed by atoms with van der Waals surface area (Å²) in [6.07, 6.45) is 2.79. The summed E-state index contributed by atoms with van der Waals surface area (Å²) in [7, 11) is 0. The Morgan fingerprint density at radius 1 is 1.38 bits per heavy atom. The van der Waals surface area contributed by atoms with E-state index in [-0.39, 0.29) is 5.92 Å². The quantitative estimate of drug-likeness (QED) is 0.901. The van der Waals surface area contributed by atoms with Crippen LogP contribution in [0.4, 0.5) is 0 Å². The molecule has 0 aliphatic carbocycles. The lowest BCUT2D eigenvalue weighted by Crippen LogP contribution is -2.44. The lowest BCUT2D eigenvalue weighted by Gasteiger charge is -2.34. The number of hydrogen-bond donors (Lipinski definition) is 1. The highest BCUT2D eigenvalue weighted by Gasteiger charge is 2.53. The molecular weight excluding hydrogens is 266 g/mol. The van der Waals surface area contributed by atoms with Crippen LogP contribution < -0.4 is 0 Å². The molecule has 3 rings (SSSR count). The van der Waals surface area contributed by atoms with Gasteiger partial charge in [0, 0.05) is 25.6 Å². The van der Waals surface area contributed by atoms with Gasteiger partial charge in [-0.15, -0.1) is 0 Å². The van der Waals surface area contributed by atoms with E-state index < -0.39 is 11.4 Å². The molecule has 21 heavy (non-hydrogen) atoms. The summed E-state index contributed by atoms with van der Waals surface area (Å²) in [5.74, 6) is -0.484. The molecule has 2 aliphatic heterocycles. The van der Waals surface area contributed by atoms with E-state index in [1.54, 1.807) is 0 Å². The third-order valence-electron chi connectivity index (χ3n) is 4.99. The van der Waals surface area contributed by atoms with Crippen LogP contribution in [0.25, 0.3) is 0 Å². The average molecular weight is 289 g/mol. The first-order chi connectivity index (χ1) is 10.2. The minimum atomic E-state index is -0.638. The zero-order chi connectivity index (χ0) is 14.7. The van der Waals surface area contributed by atoms with Gasteiger partial charge < -0.3 is 14.7 Å². The largest absolute Gasteiger partial charge is 0.481 e. The lowest BCUT2D eigenvalue weighted by molar-refractivity contribution is -0.157. The van der Waals surface area contributed by atoms with Gasteiger partial charge in [-0.1, -0.05) is 30.3 Å². The van der Waals surface area contributed by atoms with Crippen LogP contribution in [0.15, 0.2) is 30.3 Å². The molecule has 1 aromatic rings. The van der Waals surface area contributed by atoms with Crippen molar-refractivity contribution < 1.29 is 14.6 Å². The molecule has 2 aliphatic rings. The topological polar surface area (TPSA) is 49.8 Å². The Kier molecular flexibility index (Phi) is 4.27. The molecule has 0 radical (unpaired) electrons. The second kappa shape index (κ2) is 6.16. The van der Waals surface area contributed by atoms with Gasteiger partial charge in [-0.2, -0.15) is 0 Å². The molecule has 114 valence electrons. The van der Waals surface area contributed by atoms with Crippen molar-refractivity contribution in [3.05, 3.63) is 35.9 Å². The summed E-state index contributed by atoms with van der Waals surface area (Å²) >= 11 is 0. The number of likely N-dealkylation sites (tertiary alicyclic amines) is 1. The summed E-state index contributed by atoms with van der Waals surface area (Å²) in [5.41, 5.74) is 0.788. The summed E-state index contributed by atoms with van der Waals surface area (Å²) < 4.78 is 5.49. The Bertz CT molecular complexity index is 490. The number of nitrogens with zero attached hydrogens (tertiary/aromatic N) is 1. The molecule has 1 aromatic carbocycles. The Balaban J connectivity index is 1.55. The Morgan fingerprint density at radius 3 is 2.90 bits per heavy atom. The summed E-state index contributed by atoms with van der Waals surface area (Å²) in [4.78, 5) is 14.0. The fourth-order valence-corrected chi connectivity index (χ4v) is 3.73. The number of carboxylic acid groups (broad SMARTS) is 1. The number of carbonyl (C=O) groups is 1. The van der Waals surface area contributed by atoms with Crippen molar-refractivity contribution in [2.45, 2.75) is 19.3 Å². The van der Waals surface area contributed by atoms with Gasteiger partial charge in [0.25, 0.3) is 0 Å². The number of carboxylic acids is 1. The first kappa shape index (κ1) is 14.5. The van der Waals surface area contributed by atoms with Crippen molar-refractivity contribution in [2.24, 2.45) is 11.3 Å². The highest BCUT2D eigenvalue weighted by Crippen LogP contribution is 2.42. The number of fused-ring (bicyclic) bond motifs is 1. The van der Waals surface area contributed by atoms with E-state index >= 15 is 0 Å². The van der Waals surface area contributed by atoms with Crippen molar-refractivity contribution in [1.29, 1.82) is 0 Å². The molecule has 1 N–H and O–H groups in total. The molecule has 2 heterocycles. The average Bonchev–Trinajstić information content (AvgIpc) is 2.88. The molecule has 0 unspecified atom stereocenters. The van der Waals surface area contributed by atoms with Gasteiger partial charge in [0.2, 0.25) is 0 Å². The number of ether oxygens (including phenoxy) is 1.